The molecule has 3 heteroatoms. The van der Waals surface area contributed by atoms with Gasteiger partial charge in [-0.05, 0) is 19.8 Å². The second-order valence-electron chi connectivity index (χ2n) is 2.88. The van der Waals surface area contributed by atoms with Crippen LogP contribution in [-0.4, -0.2) is 18.0 Å². The summed E-state index contributed by atoms with van der Waals surface area (Å²) in [6.45, 7) is 2.06. The first kappa shape index (κ1) is 7.54. The van der Waals surface area contributed by atoms with Crippen molar-refractivity contribution >= 4 is 5.84 Å². The molecule has 0 amide bonds. The number of ether oxygens (including phenoxy) is 1. The Morgan fingerprint density at radius 2 is 2.40 bits per heavy atom. The van der Waals surface area contributed by atoms with Crippen LogP contribution in [0.2, 0.25) is 0 Å². The lowest BCUT2D eigenvalue weighted by molar-refractivity contribution is 0.0602. The fourth-order valence-corrected chi connectivity index (χ4v) is 1.28. The molecule has 0 saturated carbocycles. The highest BCUT2D eigenvalue weighted by Crippen LogP contribution is 2.20. The average molecular weight is 142 g/mol. The third-order valence-corrected chi connectivity index (χ3v) is 1.77. The summed E-state index contributed by atoms with van der Waals surface area (Å²) in [6.07, 6.45) is 3.35. The predicted molar refractivity (Wildman–Crippen MR) is 40.1 cm³/mol. The van der Waals surface area contributed by atoms with Crippen LogP contribution in [0.3, 0.4) is 0 Å². The van der Waals surface area contributed by atoms with E-state index in [2.05, 4.69) is 6.92 Å². The van der Waals surface area contributed by atoms with Crippen LogP contribution in [0.25, 0.3) is 0 Å². The van der Waals surface area contributed by atoms with Gasteiger partial charge in [-0.25, -0.2) is 0 Å². The topological polar surface area (TPSA) is 59.1 Å². The largest absolute Gasteiger partial charge is 0.388 e. The lowest BCUT2D eigenvalue weighted by Gasteiger charge is -2.08. The lowest BCUT2D eigenvalue weighted by atomic mass is 10.1. The van der Waals surface area contributed by atoms with E-state index in [0.717, 1.165) is 12.8 Å². The first-order valence-electron chi connectivity index (χ1n) is 3.67. The Kier molecular flexibility index (Phi) is 2.27. The van der Waals surface area contributed by atoms with Crippen molar-refractivity contribution in [3.8, 4) is 0 Å². The maximum absolute atomic E-state index is 7.02. The molecule has 3 nitrogen and oxygen atoms in total. The number of rotatable bonds is 2. The minimum Gasteiger partial charge on any atom is -0.388 e. The van der Waals surface area contributed by atoms with Crippen molar-refractivity contribution in [1.29, 1.82) is 5.41 Å². The standard InChI is InChI=1S/C7H14N2O/c1-5-2-3-6(10-5)4-7(8)9/h5-6H,2-4H2,1H3,(H3,8,9). The molecule has 0 aromatic rings. The van der Waals surface area contributed by atoms with Gasteiger partial charge >= 0.3 is 0 Å². The van der Waals surface area contributed by atoms with Crippen molar-refractivity contribution in [2.45, 2.75) is 38.4 Å². The van der Waals surface area contributed by atoms with Gasteiger partial charge in [0.25, 0.3) is 0 Å². The highest BCUT2D eigenvalue weighted by Gasteiger charge is 2.21. The minimum absolute atomic E-state index is 0.215. The van der Waals surface area contributed by atoms with Gasteiger partial charge in [0, 0.05) is 6.42 Å². The van der Waals surface area contributed by atoms with E-state index in [1.807, 2.05) is 0 Å². The summed E-state index contributed by atoms with van der Waals surface area (Å²) in [5, 5.41) is 7.02. The molecule has 0 spiro atoms. The van der Waals surface area contributed by atoms with Crippen LogP contribution in [0.1, 0.15) is 26.2 Å². The Morgan fingerprint density at radius 3 is 2.80 bits per heavy atom. The van der Waals surface area contributed by atoms with E-state index in [1.165, 1.54) is 0 Å². The van der Waals surface area contributed by atoms with Crippen molar-refractivity contribution in [1.82, 2.24) is 0 Å². The first-order valence-corrected chi connectivity index (χ1v) is 3.67. The molecule has 1 rings (SSSR count). The summed E-state index contributed by atoms with van der Waals surface area (Å²) in [6, 6.07) is 0. The van der Waals surface area contributed by atoms with E-state index in [0.29, 0.717) is 12.5 Å². The van der Waals surface area contributed by atoms with E-state index in [9.17, 15) is 0 Å². The van der Waals surface area contributed by atoms with Crippen LogP contribution >= 0.6 is 0 Å². The third-order valence-electron chi connectivity index (χ3n) is 1.77. The number of nitrogens with two attached hydrogens (primary N) is 1. The monoisotopic (exact) mass is 142 g/mol. The molecule has 3 N–H and O–H groups in total. The summed E-state index contributed by atoms with van der Waals surface area (Å²) in [5.74, 6) is 0.235. The highest BCUT2D eigenvalue weighted by molar-refractivity contribution is 5.77. The molecule has 1 fully saturated rings. The second kappa shape index (κ2) is 3.01. The van der Waals surface area contributed by atoms with Gasteiger partial charge < -0.3 is 10.5 Å². The normalized spacial score (nSPS) is 32.5. The summed E-state index contributed by atoms with van der Waals surface area (Å²) in [5.41, 5.74) is 5.22. The van der Waals surface area contributed by atoms with Gasteiger partial charge in [0.1, 0.15) is 0 Å². The number of hydrogen-bond donors (Lipinski definition) is 2. The van der Waals surface area contributed by atoms with Crippen molar-refractivity contribution in [2.75, 3.05) is 0 Å². The highest BCUT2D eigenvalue weighted by atomic mass is 16.5. The molecule has 0 bridgehead atoms. The Morgan fingerprint density at radius 1 is 1.70 bits per heavy atom. The summed E-state index contributed by atoms with van der Waals surface area (Å²) >= 11 is 0. The molecule has 2 unspecified atom stereocenters. The van der Waals surface area contributed by atoms with Crippen molar-refractivity contribution in [3.05, 3.63) is 0 Å². The summed E-state index contributed by atoms with van der Waals surface area (Å²) < 4.78 is 5.45. The zero-order valence-corrected chi connectivity index (χ0v) is 6.26. The first-order chi connectivity index (χ1) is 4.68. The Labute approximate surface area is 61.1 Å². The quantitative estimate of drug-likeness (QED) is 0.444. The van der Waals surface area contributed by atoms with E-state index < -0.39 is 0 Å². The third kappa shape index (κ3) is 1.99. The molecule has 0 aromatic carbocycles. The molecule has 2 atom stereocenters. The molecule has 1 saturated heterocycles. The van der Waals surface area contributed by atoms with E-state index >= 15 is 0 Å². The lowest BCUT2D eigenvalue weighted by Crippen LogP contribution is -2.19. The Balaban J connectivity index is 2.24. The van der Waals surface area contributed by atoms with Crippen LogP contribution < -0.4 is 5.73 Å². The van der Waals surface area contributed by atoms with Gasteiger partial charge in [-0.15, -0.1) is 0 Å². The van der Waals surface area contributed by atoms with Gasteiger partial charge in [0.2, 0.25) is 0 Å². The van der Waals surface area contributed by atoms with Gasteiger partial charge in [-0.1, -0.05) is 0 Å². The van der Waals surface area contributed by atoms with Gasteiger partial charge in [-0.3, -0.25) is 5.41 Å². The SMILES string of the molecule is CC1CCC(CC(=N)N)O1. The Hall–Kier alpha value is -0.570. The molecular formula is C7H14N2O. The molecule has 0 aliphatic carbocycles. The zero-order chi connectivity index (χ0) is 7.56. The summed E-state index contributed by atoms with van der Waals surface area (Å²) in [4.78, 5) is 0. The van der Waals surface area contributed by atoms with Crippen LogP contribution in [0.4, 0.5) is 0 Å². The molecule has 0 aromatic heterocycles. The molecule has 58 valence electrons. The average Bonchev–Trinajstić information content (AvgIpc) is 2.13. The Bertz CT molecular complexity index is 136. The molecule has 1 aliphatic heterocycles. The molecule has 10 heavy (non-hydrogen) atoms. The van der Waals surface area contributed by atoms with Crippen LogP contribution in [0.15, 0.2) is 0 Å². The van der Waals surface area contributed by atoms with Gasteiger partial charge in [-0.2, -0.15) is 0 Å². The van der Waals surface area contributed by atoms with Crippen LogP contribution in [0, 0.1) is 5.41 Å². The van der Waals surface area contributed by atoms with Crippen molar-refractivity contribution in [3.63, 3.8) is 0 Å². The zero-order valence-electron chi connectivity index (χ0n) is 6.26. The number of amidine groups is 1. The van der Waals surface area contributed by atoms with Gasteiger partial charge in [0.15, 0.2) is 0 Å². The molecule has 1 heterocycles. The van der Waals surface area contributed by atoms with E-state index in [4.69, 9.17) is 15.9 Å². The second-order valence-corrected chi connectivity index (χ2v) is 2.88. The predicted octanol–water partition coefficient (Wildman–Crippen LogP) is 0.880. The van der Waals surface area contributed by atoms with Gasteiger partial charge in [0.05, 0.1) is 18.0 Å². The maximum Gasteiger partial charge on any atom is 0.0931 e. The maximum atomic E-state index is 7.02. The number of nitrogens with one attached hydrogen (secondary N) is 1. The fraction of sp³-hybridized carbons (Fsp3) is 0.857. The molecule has 1 aliphatic rings. The molecule has 0 radical (unpaired) electrons. The van der Waals surface area contributed by atoms with Crippen LogP contribution in [-0.2, 0) is 4.74 Å². The number of hydrogen-bond acceptors (Lipinski definition) is 2. The fourth-order valence-electron chi connectivity index (χ4n) is 1.28. The van der Waals surface area contributed by atoms with E-state index in [-0.39, 0.29) is 11.9 Å². The van der Waals surface area contributed by atoms with Crippen LogP contribution in [0.5, 0.6) is 0 Å². The summed E-state index contributed by atoms with van der Waals surface area (Å²) in [7, 11) is 0. The van der Waals surface area contributed by atoms with Crippen molar-refractivity contribution < 1.29 is 4.74 Å². The minimum atomic E-state index is 0.215. The van der Waals surface area contributed by atoms with Crippen molar-refractivity contribution in [2.24, 2.45) is 5.73 Å². The molecular weight excluding hydrogens is 128 g/mol. The van der Waals surface area contributed by atoms with E-state index in [1.54, 1.807) is 0 Å². The smallest absolute Gasteiger partial charge is 0.0931 e.